The van der Waals surface area contributed by atoms with Crippen LogP contribution in [0.4, 0.5) is 5.69 Å². The second kappa shape index (κ2) is 7.03. The molecule has 0 aliphatic heterocycles. The van der Waals surface area contributed by atoms with Crippen LogP contribution in [0.5, 0.6) is 5.75 Å². The zero-order chi connectivity index (χ0) is 15.4. The molecule has 0 saturated carbocycles. The number of halogens is 3. The van der Waals surface area contributed by atoms with Crippen LogP contribution in [0, 0.1) is 6.92 Å². The number of nitrogens with one attached hydrogen (secondary N) is 1. The molecule has 0 unspecified atom stereocenters. The summed E-state index contributed by atoms with van der Waals surface area (Å²) in [7, 11) is 0. The lowest BCUT2D eigenvalue weighted by Gasteiger charge is -2.11. The number of hydrogen-bond donors (Lipinski definition) is 1. The summed E-state index contributed by atoms with van der Waals surface area (Å²) in [6, 6.07) is 10.4. The quantitative estimate of drug-likeness (QED) is 0.795. The summed E-state index contributed by atoms with van der Waals surface area (Å²) in [6.07, 6.45) is 0. The Morgan fingerprint density at radius 3 is 2.48 bits per heavy atom. The normalized spacial score (nSPS) is 10.3. The van der Waals surface area contributed by atoms with Crippen molar-refractivity contribution >= 4 is 46.4 Å². The number of rotatable bonds is 4. The fraction of sp³-hybridized carbons (Fsp3) is 0.133. The molecule has 0 saturated heterocycles. The Bertz CT molecular complexity index is 674. The van der Waals surface area contributed by atoms with E-state index in [9.17, 15) is 4.79 Å². The SMILES string of the molecule is Cc1ccccc1OCC(=O)Nc1cc(Cl)c(Cl)cc1Cl. The van der Waals surface area contributed by atoms with E-state index in [-0.39, 0.29) is 12.5 Å². The van der Waals surface area contributed by atoms with E-state index in [1.807, 2.05) is 25.1 Å². The van der Waals surface area contributed by atoms with Gasteiger partial charge in [0.15, 0.2) is 6.61 Å². The van der Waals surface area contributed by atoms with Crippen molar-refractivity contribution in [2.45, 2.75) is 6.92 Å². The van der Waals surface area contributed by atoms with Gasteiger partial charge in [-0.1, -0.05) is 53.0 Å². The Hall–Kier alpha value is -1.42. The number of para-hydroxylation sites is 1. The highest BCUT2D eigenvalue weighted by Crippen LogP contribution is 2.32. The molecule has 0 spiro atoms. The lowest BCUT2D eigenvalue weighted by Crippen LogP contribution is -2.20. The minimum atomic E-state index is -0.335. The molecule has 0 aliphatic rings. The molecule has 0 heterocycles. The number of amides is 1. The summed E-state index contributed by atoms with van der Waals surface area (Å²) in [4.78, 5) is 11.9. The van der Waals surface area contributed by atoms with E-state index < -0.39 is 0 Å². The third-order valence-electron chi connectivity index (χ3n) is 2.74. The van der Waals surface area contributed by atoms with Crippen molar-refractivity contribution in [1.29, 1.82) is 0 Å². The van der Waals surface area contributed by atoms with Crippen molar-refractivity contribution in [3.8, 4) is 5.75 Å². The number of ether oxygens (including phenoxy) is 1. The molecule has 0 bridgehead atoms. The van der Waals surface area contributed by atoms with Crippen molar-refractivity contribution in [3.63, 3.8) is 0 Å². The standard InChI is InChI=1S/C15H12Cl3NO2/c1-9-4-2-3-5-14(9)21-8-15(20)19-13-7-11(17)10(16)6-12(13)18/h2-7H,8H2,1H3,(H,19,20). The second-order valence-corrected chi connectivity index (χ2v) is 5.57. The van der Waals surface area contributed by atoms with Gasteiger partial charge in [0, 0.05) is 0 Å². The van der Waals surface area contributed by atoms with Crippen molar-refractivity contribution < 1.29 is 9.53 Å². The van der Waals surface area contributed by atoms with E-state index in [0.717, 1.165) is 5.56 Å². The van der Waals surface area contributed by atoms with Gasteiger partial charge in [0.25, 0.3) is 5.91 Å². The van der Waals surface area contributed by atoms with Crippen LogP contribution in [-0.2, 0) is 4.79 Å². The number of carbonyl (C=O) groups is 1. The van der Waals surface area contributed by atoms with Gasteiger partial charge in [-0.2, -0.15) is 0 Å². The first-order valence-electron chi connectivity index (χ1n) is 6.10. The molecule has 2 aromatic rings. The average molecular weight is 345 g/mol. The summed E-state index contributed by atoms with van der Waals surface area (Å²) in [5.41, 5.74) is 1.35. The van der Waals surface area contributed by atoms with Gasteiger partial charge in [0.1, 0.15) is 5.75 Å². The van der Waals surface area contributed by atoms with Gasteiger partial charge in [-0.25, -0.2) is 0 Å². The van der Waals surface area contributed by atoms with Gasteiger partial charge in [-0.15, -0.1) is 0 Å². The molecule has 2 rings (SSSR count). The average Bonchev–Trinajstić information content (AvgIpc) is 2.44. The lowest BCUT2D eigenvalue weighted by atomic mass is 10.2. The highest BCUT2D eigenvalue weighted by atomic mass is 35.5. The van der Waals surface area contributed by atoms with E-state index >= 15 is 0 Å². The Labute approximate surface area is 137 Å². The molecule has 0 aromatic heterocycles. The summed E-state index contributed by atoms with van der Waals surface area (Å²) in [5.74, 6) is 0.325. The fourth-order valence-corrected chi connectivity index (χ4v) is 2.26. The van der Waals surface area contributed by atoms with Gasteiger partial charge in [-0.3, -0.25) is 4.79 Å². The molecule has 2 aromatic carbocycles. The monoisotopic (exact) mass is 343 g/mol. The van der Waals surface area contributed by atoms with Crippen LogP contribution in [0.2, 0.25) is 15.1 Å². The smallest absolute Gasteiger partial charge is 0.262 e. The topological polar surface area (TPSA) is 38.3 Å². The zero-order valence-corrected chi connectivity index (χ0v) is 13.4. The predicted molar refractivity (Wildman–Crippen MR) is 86.8 cm³/mol. The molecule has 0 atom stereocenters. The fourth-order valence-electron chi connectivity index (χ4n) is 1.67. The van der Waals surface area contributed by atoms with Gasteiger partial charge in [0.2, 0.25) is 0 Å². The maximum atomic E-state index is 11.9. The molecule has 0 aliphatic carbocycles. The number of aryl methyl sites for hydroxylation is 1. The highest BCUT2D eigenvalue weighted by Gasteiger charge is 2.10. The van der Waals surface area contributed by atoms with E-state index in [1.165, 1.54) is 12.1 Å². The van der Waals surface area contributed by atoms with Crippen LogP contribution in [0.3, 0.4) is 0 Å². The Morgan fingerprint density at radius 1 is 1.10 bits per heavy atom. The van der Waals surface area contributed by atoms with E-state index in [1.54, 1.807) is 6.07 Å². The number of anilines is 1. The molecule has 0 radical (unpaired) electrons. The van der Waals surface area contributed by atoms with Crippen molar-refractivity contribution in [2.75, 3.05) is 11.9 Å². The molecule has 6 heteroatoms. The molecular weight excluding hydrogens is 333 g/mol. The number of carbonyl (C=O) groups excluding carboxylic acids is 1. The Balaban J connectivity index is 1.99. The molecule has 1 amide bonds. The van der Waals surface area contributed by atoms with Crippen LogP contribution in [0.15, 0.2) is 36.4 Å². The molecule has 110 valence electrons. The number of hydrogen-bond acceptors (Lipinski definition) is 2. The third kappa shape index (κ3) is 4.27. The molecule has 3 nitrogen and oxygen atoms in total. The highest BCUT2D eigenvalue weighted by molar-refractivity contribution is 6.44. The molecule has 0 fully saturated rings. The van der Waals surface area contributed by atoms with Gasteiger partial charge >= 0.3 is 0 Å². The first-order valence-corrected chi connectivity index (χ1v) is 7.23. The molecular formula is C15H12Cl3NO2. The summed E-state index contributed by atoms with van der Waals surface area (Å²) in [6.45, 7) is 1.78. The van der Waals surface area contributed by atoms with Crippen molar-refractivity contribution in [3.05, 3.63) is 57.0 Å². The molecule has 21 heavy (non-hydrogen) atoms. The van der Waals surface area contributed by atoms with E-state index in [2.05, 4.69) is 5.32 Å². The maximum Gasteiger partial charge on any atom is 0.262 e. The minimum absolute atomic E-state index is 0.124. The lowest BCUT2D eigenvalue weighted by molar-refractivity contribution is -0.118. The van der Waals surface area contributed by atoms with Crippen LogP contribution >= 0.6 is 34.8 Å². The van der Waals surface area contributed by atoms with Gasteiger partial charge in [-0.05, 0) is 30.7 Å². The minimum Gasteiger partial charge on any atom is -0.483 e. The van der Waals surface area contributed by atoms with Crippen LogP contribution in [0.25, 0.3) is 0 Å². The molecule has 1 N–H and O–H groups in total. The summed E-state index contributed by atoms with van der Waals surface area (Å²) in [5, 5.41) is 3.59. The summed E-state index contributed by atoms with van der Waals surface area (Å²) < 4.78 is 5.45. The second-order valence-electron chi connectivity index (χ2n) is 4.35. The van der Waals surface area contributed by atoms with E-state index in [0.29, 0.717) is 26.5 Å². The van der Waals surface area contributed by atoms with Crippen LogP contribution < -0.4 is 10.1 Å². The number of benzene rings is 2. The van der Waals surface area contributed by atoms with Crippen molar-refractivity contribution in [2.24, 2.45) is 0 Å². The van der Waals surface area contributed by atoms with Crippen LogP contribution in [0.1, 0.15) is 5.56 Å². The first kappa shape index (κ1) is 16.0. The predicted octanol–water partition coefficient (Wildman–Crippen LogP) is 4.97. The van der Waals surface area contributed by atoms with Crippen LogP contribution in [-0.4, -0.2) is 12.5 Å². The Kier molecular flexibility index (Phi) is 5.34. The third-order valence-corrected chi connectivity index (χ3v) is 3.77. The van der Waals surface area contributed by atoms with Gasteiger partial charge in [0.05, 0.1) is 20.8 Å². The first-order chi connectivity index (χ1) is 9.97. The zero-order valence-electron chi connectivity index (χ0n) is 11.1. The van der Waals surface area contributed by atoms with E-state index in [4.69, 9.17) is 39.5 Å². The Morgan fingerprint density at radius 2 is 1.76 bits per heavy atom. The van der Waals surface area contributed by atoms with Crippen molar-refractivity contribution in [1.82, 2.24) is 0 Å². The summed E-state index contributed by atoms with van der Waals surface area (Å²) >= 11 is 17.7. The largest absolute Gasteiger partial charge is 0.483 e. The van der Waals surface area contributed by atoms with Gasteiger partial charge < -0.3 is 10.1 Å². The maximum absolute atomic E-state index is 11.9.